The highest BCUT2D eigenvalue weighted by Crippen LogP contribution is 2.18. The van der Waals surface area contributed by atoms with Gasteiger partial charge in [0.15, 0.2) is 0 Å². The molecule has 2 aromatic rings. The summed E-state index contributed by atoms with van der Waals surface area (Å²) in [6.07, 6.45) is 1.76. The lowest BCUT2D eigenvalue weighted by molar-refractivity contribution is -0.122. The van der Waals surface area contributed by atoms with E-state index in [1.54, 1.807) is 13.1 Å². The number of pyridine rings is 1. The van der Waals surface area contributed by atoms with Crippen molar-refractivity contribution in [3.8, 4) is 0 Å². The number of carbonyl (C=O) groups excluding carboxylic acids is 1. The Morgan fingerprint density at radius 1 is 1.27 bits per heavy atom. The van der Waals surface area contributed by atoms with E-state index in [1.807, 2.05) is 37.4 Å². The quantitative estimate of drug-likeness (QED) is 0.851. The maximum absolute atomic E-state index is 11.6. The van der Waals surface area contributed by atoms with Crippen molar-refractivity contribution in [1.29, 1.82) is 0 Å². The van der Waals surface area contributed by atoms with Gasteiger partial charge in [0.25, 0.3) is 0 Å². The number of benzene rings is 1. The highest BCUT2D eigenvalue weighted by atomic mass is 16.2. The molecule has 1 atom stereocenters. The first kappa shape index (κ1) is 16.0. The third kappa shape index (κ3) is 4.30. The largest absolute Gasteiger partial charge is 0.355 e. The molecule has 0 saturated carbocycles. The lowest BCUT2D eigenvalue weighted by atomic mass is 10.2. The van der Waals surface area contributed by atoms with Crippen molar-refractivity contribution in [2.24, 2.45) is 5.73 Å². The molecule has 0 saturated heterocycles. The molecular weight excluding hydrogens is 276 g/mol. The zero-order chi connectivity index (χ0) is 15.9. The van der Waals surface area contributed by atoms with Gasteiger partial charge in [0.05, 0.1) is 6.04 Å². The Kier molecular flexibility index (Phi) is 5.49. The van der Waals surface area contributed by atoms with Gasteiger partial charge >= 0.3 is 0 Å². The molecule has 3 N–H and O–H groups in total. The number of anilines is 1. The van der Waals surface area contributed by atoms with Crippen LogP contribution in [-0.4, -0.2) is 24.0 Å². The van der Waals surface area contributed by atoms with Crippen LogP contribution in [0.5, 0.6) is 0 Å². The second-order valence-electron chi connectivity index (χ2n) is 5.33. The molecular formula is C17H22N4O. The first-order valence-electron chi connectivity index (χ1n) is 7.30. The smallest absolute Gasteiger partial charge is 0.236 e. The summed E-state index contributed by atoms with van der Waals surface area (Å²) in [5.74, 6) is 0.692. The van der Waals surface area contributed by atoms with E-state index in [-0.39, 0.29) is 5.91 Å². The molecule has 1 heterocycles. The Balaban J connectivity index is 2.08. The predicted molar refractivity (Wildman–Crippen MR) is 88.3 cm³/mol. The van der Waals surface area contributed by atoms with Crippen molar-refractivity contribution in [3.05, 3.63) is 59.8 Å². The van der Waals surface area contributed by atoms with Gasteiger partial charge in [-0.1, -0.05) is 36.4 Å². The van der Waals surface area contributed by atoms with E-state index in [4.69, 9.17) is 5.73 Å². The minimum atomic E-state index is -0.512. The molecule has 0 unspecified atom stereocenters. The monoisotopic (exact) mass is 298 g/mol. The van der Waals surface area contributed by atoms with Gasteiger partial charge in [-0.25, -0.2) is 4.98 Å². The normalized spacial score (nSPS) is 11.8. The van der Waals surface area contributed by atoms with E-state index < -0.39 is 6.04 Å². The van der Waals surface area contributed by atoms with Crippen LogP contribution in [0.3, 0.4) is 0 Å². The number of rotatable bonds is 6. The van der Waals surface area contributed by atoms with Crippen LogP contribution in [-0.2, 0) is 17.9 Å². The maximum atomic E-state index is 11.6. The number of aromatic nitrogens is 1. The number of hydrogen-bond donors (Lipinski definition) is 2. The van der Waals surface area contributed by atoms with Crippen LogP contribution < -0.4 is 16.0 Å². The third-order valence-electron chi connectivity index (χ3n) is 3.36. The minimum Gasteiger partial charge on any atom is -0.355 e. The summed E-state index contributed by atoms with van der Waals surface area (Å²) in [7, 11) is 1.99. The Morgan fingerprint density at radius 2 is 2.00 bits per heavy atom. The van der Waals surface area contributed by atoms with Crippen molar-refractivity contribution < 1.29 is 4.79 Å². The molecule has 0 aliphatic rings. The van der Waals surface area contributed by atoms with Crippen molar-refractivity contribution in [3.63, 3.8) is 0 Å². The molecule has 0 spiro atoms. The number of amides is 1. The van der Waals surface area contributed by atoms with Crippen LogP contribution in [0.2, 0.25) is 0 Å². The summed E-state index contributed by atoms with van der Waals surface area (Å²) in [4.78, 5) is 18.1. The van der Waals surface area contributed by atoms with Gasteiger partial charge in [0.2, 0.25) is 5.91 Å². The molecule has 0 bridgehead atoms. The van der Waals surface area contributed by atoms with Gasteiger partial charge in [0.1, 0.15) is 5.82 Å². The van der Waals surface area contributed by atoms with Crippen molar-refractivity contribution >= 4 is 11.7 Å². The molecule has 0 aliphatic carbocycles. The number of carbonyl (C=O) groups is 1. The van der Waals surface area contributed by atoms with Gasteiger partial charge < -0.3 is 16.0 Å². The third-order valence-corrected chi connectivity index (χ3v) is 3.36. The van der Waals surface area contributed by atoms with E-state index in [0.717, 1.165) is 17.9 Å². The van der Waals surface area contributed by atoms with Gasteiger partial charge in [-0.05, 0) is 18.6 Å². The molecule has 22 heavy (non-hydrogen) atoms. The van der Waals surface area contributed by atoms with Crippen LogP contribution in [0.4, 0.5) is 5.82 Å². The first-order chi connectivity index (χ1) is 10.6. The second-order valence-corrected chi connectivity index (χ2v) is 5.33. The van der Waals surface area contributed by atoms with Crippen molar-refractivity contribution in [2.75, 3.05) is 11.9 Å². The molecule has 2 rings (SSSR count). The average Bonchev–Trinajstić information content (AvgIpc) is 2.53. The molecule has 116 valence electrons. The SMILES string of the molecule is C[C@H](N)C(=O)NCc1cccnc1N(C)Cc1ccccc1. The van der Waals surface area contributed by atoms with E-state index in [1.165, 1.54) is 5.56 Å². The summed E-state index contributed by atoms with van der Waals surface area (Å²) in [6.45, 7) is 2.84. The van der Waals surface area contributed by atoms with E-state index in [9.17, 15) is 4.79 Å². The fourth-order valence-electron chi connectivity index (χ4n) is 2.19. The molecule has 1 amide bonds. The Bertz CT molecular complexity index is 613. The highest BCUT2D eigenvalue weighted by molar-refractivity contribution is 5.81. The van der Waals surface area contributed by atoms with Crippen molar-refractivity contribution in [1.82, 2.24) is 10.3 Å². The zero-order valence-electron chi connectivity index (χ0n) is 13.0. The molecule has 5 nitrogen and oxygen atoms in total. The van der Waals surface area contributed by atoms with E-state index in [2.05, 4.69) is 27.3 Å². The standard InChI is InChI=1S/C17H22N4O/c1-13(18)17(22)20-11-15-9-6-10-19-16(15)21(2)12-14-7-4-3-5-8-14/h3-10,13H,11-12,18H2,1-2H3,(H,20,22)/t13-/m0/s1. The topological polar surface area (TPSA) is 71.2 Å². The summed E-state index contributed by atoms with van der Waals surface area (Å²) < 4.78 is 0. The van der Waals surface area contributed by atoms with Gasteiger partial charge in [-0.15, -0.1) is 0 Å². The Labute approximate surface area is 131 Å². The van der Waals surface area contributed by atoms with Crippen LogP contribution in [0.1, 0.15) is 18.1 Å². The molecule has 5 heteroatoms. The van der Waals surface area contributed by atoms with Gasteiger partial charge in [0, 0.05) is 31.9 Å². The second kappa shape index (κ2) is 7.56. The summed E-state index contributed by atoms with van der Waals surface area (Å²) in [5, 5.41) is 2.83. The predicted octanol–water partition coefficient (Wildman–Crippen LogP) is 1.68. The van der Waals surface area contributed by atoms with Crippen LogP contribution in [0.15, 0.2) is 48.7 Å². The number of nitrogens with zero attached hydrogens (tertiary/aromatic N) is 2. The highest BCUT2D eigenvalue weighted by Gasteiger charge is 2.12. The molecule has 0 aliphatic heterocycles. The van der Waals surface area contributed by atoms with E-state index >= 15 is 0 Å². The molecule has 0 radical (unpaired) electrons. The lowest BCUT2D eigenvalue weighted by Crippen LogP contribution is -2.38. The number of hydrogen-bond acceptors (Lipinski definition) is 4. The number of nitrogens with two attached hydrogens (primary N) is 1. The summed E-state index contributed by atoms with van der Waals surface area (Å²) in [6, 6.07) is 13.5. The first-order valence-corrected chi connectivity index (χ1v) is 7.30. The average molecular weight is 298 g/mol. The van der Waals surface area contributed by atoms with Gasteiger partial charge in [-0.3, -0.25) is 4.79 Å². The van der Waals surface area contributed by atoms with Crippen molar-refractivity contribution in [2.45, 2.75) is 26.1 Å². The molecule has 1 aromatic carbocycles. The van der Waals surface area contributed by atoms with Crippen LogP contribution >= 0.6 is 0 Å². The minimum absolute atomic E-state index is 0.166. The lowest BCUT2D eigenvalue weighted by Gasteiger charge is -2.21. The van der Waals surface area contributed by atoms with Crippen LogP contribution in [0, 0.1) is 0 Å². The molecule has 0 fully saturated rings. The maximum Gasteiger partial charge on any atom is 0.236 e. The Hall–Kier alpha value is -2.40. The zero-order valence-corrected chi connectivity index (χ0v) is 13.0. The fourth-order valence-corrected chi connectivity index (χ4v) is 2.19. The fraction of sp³-hybridized carbons (Fsp3) is 0.294. The van der Waals surface area contributed by atoms with E-state index in [0.29, 0.717) is 6.54 Å². The molecule has 1 aromatic heterocycles. The van der Waals surface area contributed by atoms with Gasteiger partial charge in [-0.2, -0.15) is 0 Å². The van der Waals surface area contributed by atoms with Crippen LogP contribution in [0.25, 0.3) is 0 Å². The number of nitrogens with one attached hydrogen (secondary N) is 1. The summed E-state index contributed by atoms with van der Waals surface area (Å²) in [5.41, 5.74) is 7.74. The summed E-state index contributed by atoms with van der Waals surface area (Å²) >= 11 is 0. The Morgan fingerprint density at radius 3 is 2.68 bits per heavy atom.